The number of aromatic nitrogens is 2. The number of sulfone groups is 1. The van der Waals surface area contributed by atoms with Crippen LogP contribution in [0.5, 0.6) is 0 Å². The number of anilines is 1. The largest absolute Gasteiger partial charge is 0.449 e. The number of amides is 1. The molecule has 3 rings (SSSR count). The van der Waals surface area contributed by atoms with Gasteiger partial charge in [0.1, 0.15) is 5.82 Å². The number of carbonyl (C=O) groups excluding carboxylic acids is 1. The zero-order valence-electron chi connectivity index (χ0n) is 18.0. The molecule has 1 amide bonds. The smallest absolute Gasteiger partial charge is 0.409 e. The number of piperidine rings is 1. The highest BCUT2D eigenvalue weighted by atomic mass is 32.2. The van der Waals surface area contributed by atoms with Crippen LogP contribution in [0.15, 0.2) is 35.5 Å². The maximum Gasteiger partial charge on any atom is 0.409 e. The van der Waals surface area contributed by atoms with E-state index in [9.17, 15) is 17.6 Å². The Morgan fingerprint density at radius 3 is 2.65 bits per heavy atom. The second-order valence-corrected chi connectivity index (χ2v) is 10.3. The molecule has 10 heteroatoms. The Labute approximate surface area is 182 Å². The Bertz CT molecular complexity index is 1010. The summed E-state index contributed by atoms with van der Waals surface area (Å²) in [4.78, 5) is 13.8. The monoisotopic (exact) mass is 452 g/mol. The van der Waals surface area contributed by atoms with Crippen LogP contribution in [-0.4, -0.2) is 55.1 Å². The average molecular weight is 453 g/mol. The van der Waals surface area contributed by atoms with Gasteiger partial charge in [0.15, 0.2) is 9.84 Å². The maximum absolute atomic E-state index is 14.2. The molecule has 1 fully saturated rings. The van der Waals surface area contributed by atoms with Gasteiger partial charge in [0.25, 0.3) is 0 Å². The van der Waals surface area contributed by atoms with Crippen molar-refractivity contribution in [2.24, 2.45) is 5.92 Å². The summed E-state index contributed by atoms with van der Waals surface area (Å²) in [6.07, 6.45) is 5.98. The van der Waals surface area contributed by atoms with Gasteiger partial charge in [-0.1, -0.05) is 13.8 Å². The number of ether oxygens (including phenoxy) is 1. The van der Waals surface area contributed by atoms with Gasteiger partial charge in [-0.15, -0.1) is 0 Å². The molecule has 0 unspecified atom stereocenters. The number of halogens is 1. The van der Waals surface area contributed by atoms with Crippen LogP contribution in [0.2, 0.25) is 0 Å². The Hall–Kier alpha value is -2.62. The Morgan fingerprint density at radius 1 is 1.32 bits per heavy atom. The first-order valence-corrected chi connectivity index (χ1v) is 12.2. The van der Waals surface area contributed by atoms with E-state index in [2.05, 4.69) is 10.4 Å². The van der Waals surface area contributed by atoms with Gasteiger partial charge >= 0.3 is 6.09 Å². The normalized spacial score (nSPS) is 15.3. The number of hydrogen-bond donors (Lipinski definition) is 1. The fraction of sp³-hybridized carbons (Fsp3) is 0.524. The van der Waals surface area contributed by atoms with E-state index in [1.54, 1.807) is 11.1 Å². The van der Waals surface area contributed by atoms with E-state index >= 15 is 0 Å². The molecule has 0 spiro atoms. The van der Waals surface area contributed by atoms with E-state index in [0.717, 1.165) is 30.7 Å². The zero-order valence-corrected chi connectivity index (χ0v) is 18.9. The van der Waals surface area contributed by atoms with Crippen molar-refractivity contribution in [1.29, 1.82) is 0 Å². The molecule has 0 bridgehead atoms. The predicted molar refractivity (Wildman–Crippen MR) is 115 cm³/mol. The summed E-state index contributed by atoms with van der Waals surface area (Å²) >= 11 is 0. The van der Waals surface area contributed by atoms with E-state index < -0.39 is 15.7 Å². The summed E-state index contributed by atoms with van der Waals surface area (Å²) < 4.78 is 44.4. The van der Waals surface area contributed by atoms with Crippen LogP contribution >= 0.6 is 0 Å². The molecule has 0 aliphatic carbocycles. The van der Waals surface area contributed by atoms with Crippen LogP contribution in [0.3, 0.4) is 0 Å². The lowest BCUT2D eigenvalue weighted by atomic mass is 10.1. The van der Waals surface area contributed by atoms with Crippen molar-refractivity contribution >= 4 is 21.6 Å². The SMILES string of the molecule is CC(C)COC(=O)N1CCC(n2cc(CNc3ccc(S(C)(=O)=O)cc3F)cn2)CC1. The fourth-order valence-corrected chi connectivity index (χ4v) is 4.01. The lowest BCUT2D eigenvalue weighted by Crippen LogP contribution is -2.39. The predicted octanol–water partition coefficient (Wildman–Crippen LogP) is 3.47. The second-order valence-electron chi connectivity index (χ2n) is 8.28. The van der Waals surface area contributed by atoms with Crippen LogP contribution in [0.25, 0.3) is 0 Å². The highest BCUT2D eigenvalue weighted by Crippen LogP contribution is 2.24. The van der Waals surface area contributed by atoms with Crippen molar-refractivity contribution in [3.63, 3.8) is 0 Å². The van der Waals surface area contributed by atoms with E-state index in [4.69, 9.17) is 4.74 Å². The molecular formula is C21H29FN4O4S. The minimum atomic E-state index is -3.45. The van der Waals surface area contributed by atoms with E-state index in [0.29, 0.717) is 32.2 Å². The summed E-state index contributed by atoms with van der Waals surface area (Å²) in [6, 6.07) is 4.00. The van der Waals surface area contributed by atoms with Crippen molar-refractivity contribution in [3.05, 3.63) is 42.0 Å². The number of benzene rings is 1. The first kappa shape index (κ1) is 23.1. The standard InChI is InChI=1S/C21H29FN4O4S/c1-15(2)14-30-21(27)25-8-6-17(7-9-25)26-13-16(12-24-26)11-23-20-5-4-18(10-19(20)22)31(3,28)29/h4-5,10,12-13,15,17,23H,6-9,11,14H2,1-3H3. The van der Waals surface area contributed by atoms with Crippen LogP contribution in [0.1, 0.15) is 38.3 Å². The van der Waals surface area contributed by atoms with Gasteiger partial charge in [0, 0.05) is 37.7 Å². The molecule has 8 nitrogen and oxygen atoms in total. The molecule has 0 saturated carbocycles. The van der Waals surface area contributed by atoms with Crippen molar-refractivity contribution < 1.29 is 22.3 Å². The van der Waals surface area contributed by atoms with E-state index in [-0.39, 0.29) is 22.7 Å². The number of likely N-dealkylation sites (tertiary alicyclic amines) is 1. The number of carbonyl (C=O) groups is 1. The zero-order chi connectivity index (χ0) is 22.6. The quantitative estimate of drug-likeness (QED) is 0.691. The van der Waals surface area contributed by atoms with Crippen LogP contribution in [0, 0.1) is 11.7 Å². The molecule has 2 heterocycles. The maximum atomic E-state index is 14.2. The molecule has 1 aliphatic rings. The molecule has 1 saturated heterocycles. The molecule has 1 aromatic heterocycles. The summed E-state index contributed by atoms with van der Waals surface area (Å²) in [6.45, 7) is 6.02. The summed E-state index contributed by atoms with van der Waals surface area (Å²) in [5.41, 5.74) is 1.11. The highest BCUT2D eigenvalue weighted by molar-refractivity contribution is 7.90. The Morgan fingerprint density at radius 2 is 2.03 bits per heavy atom. The first-order chi connectivity index (χ1) is 14.6. The van der Waals surface area contributed by atoms with Crippen molar-refractivity contribution in [2.75, 3.05) is 31.3 Å². The topological polar surface area (TPSA) is 93.5 Å². The van der Waals surface area contributed by atoms with Gasteiger partial charge in [-0.3, -0.25) is 4.68 Å². The van der Waals surface area contributed by atoms with Crippen LogP contribution < -0.4 is 5.32 Å². The summed E-state index contributed by atoms with van der Waals surface area (Å²) in [7, 11) is -3.45. The molecule has 2 aromatic rings. The minimum absolute atomic E-state index is 0.0530. The van der Waals surface area contributed by atoms with Crippen LogP contribution in [0.4, 0.5) is 14.9 Å². The van der Waals surface area contributed by atoms with Gasteiger partial charge in [-0.25, -0.2) is 17.6 Å². The first-order valence-electron chi connectivity index (χ1n) is 10.3. The van der Waals surface area contributed by atoms with Gasteiger partial charge < -0.3 is 15.0 Å². The molecule has 1 aliphatic heterocycles. The van der Waals surface area contributed by atoms with E-state index in [1.807, 2.05) is 24.7 Å². The molecule has 31 heavy (non-hydrogen) atoms. The lowest BCUT2D eigenvalue weighted by Gasteiger charge is -2.31. The summed E-state index contributed by atoms with van der Waals surface area (Å²) in [5.74, 6) is -0.310. The van der Waals surface area contributed by atoms with Crippen LogP contribution in [-0.2, 0) is 21.1 Å². The van der Waals surface area contributed by atoms with E-state index in [1.165, 1.54) is 12.1 Å². The third-order valence-corrected chi connectivity index (χ3v) is 6.25. The fourth-order valence-electron chi connectivity index (χ4n) is 3.38. The Kier molecular flexibility index (Phi) is 7.19. The van der Waals surface area contributed by atoms with Gasteiger partial charge in [0.2, 0.25) is 0 Å². The summed E-state index contributed by atoms with van der Waals surface area (Å²) in [5, 5.41) is 7.40. The van der Waals surface area contributed by atoms with Crippen molar-refractivity contribution in [2.45, 2.75) is 44.2 Å². The average Bonchev–Trinajstić information content (AvgIpc) is 3.19. The number of hydrogen-bond acceptors (Lipinski definition) is 6. The third kappa shape index (κ3) is 6.19. The number of nitrogens with zero attached hydrogens (tertiary/aromatic N) is 3. The number of rotatable bonds is 7. The molecule has 0 atom stereocenters. The minimum Gasteiger partial charge on any atom is -0.449 e. The molecule has 0 radical (unpaired) electrons. The molecule has 1 aromatic carbocycles. The molecular weight excluding hydrogens is 423 g/mol. The van der Waals surface area contributed by atoms with Gasteiger partial charge in [-0.05, 0) is 37.0 Å². The number of nitrogens with one attached hydrogen (secondary N) is 1. The van der Waals surface area contributed by atoms with Crippen molar-refractivity contribution in [3.8, 4) is 0 Å². The van der Waals surface area contributed by atoms with Gasteiger partial charge in [-0.2, -0.15) is 5.10 Å². The molecule has 1 N–H and O–H groups in total. The third-order valence-electron chi connectivity index (χ3n) is 5.14. The Balaban J connectivity index is 1.52. The lowest BCUT2D eigenvalue weighted by molar-refractivity contribution is 0.0788. The van der Waals surface area contributed by atoms with Crippen molar-refractivity contribution in [1.82, 2.24) is 14.7 Å². The van der Waals surface area contributed by atoms with Gasteiger partial charge in [0.05, 0.1) is 29.4 Å². The highest BCUT2D eigenvalue weighted by Gasteiger charge is 2.25. The molecule has 170 valence electrons. The second kappa shape index (κ2) is 9.67.